The van der Waals surface area contributed by atoms with E-state index in [-0.39, 0.29) is 18.9 Å². The Kier molecular flexibility index (Phi) is 53.1. The van der Waals surface area contributed by atoms with Crippen LogP contribution in [-0.2, 0) is 23.7 Å². The molecular weight excluding hydrogens is 1100 g/mol. The summed E-state index contributed by atoms with van der Waals surface area (Å²) in [5, 5.41) is 87.5. The first kappa shape index (κ1) is 80.5. The molecule has 0 aromatic rings. The van der Waals surface area contributed by atoms with Gasteiger partial charge in [-0.15, -0.1) is 0 Å². The summed E-state index contributed by atoms with van der Waals surface area (Å²) in [6, 6.07) is -0.938. The number of aliphatic hydroxyl groups is 8. The van der Waals surface area contributed by atoms with E-state index in [0.717, 1.165) is 64.2 Å². The minimum absolute atomic E-state index is 0.251. The lowest BCUT2D eigenvalue weighted by atomic mass is 9.97. The first-order valence-electron chi connectivity index (χ1n) is 35.7. The predicted octanol–water partition coefficient (Wildman–Crippen LogP) is 14.6. The lowest BCUT2D eigenvalue weighted by Crippen LogP contribution is -2.65. The third kappa shape index (κ3) is 41.5. The topological polar surface area (TPSA) is 228 Å². The third-order valence-corrected chi connectivity index (χ3v) is 17.1. The van der Waals surface area contributed by atoms with Crippen LogP contribution in [0, 0.1) is 0 Å². The van der Waals surface area contributed by atoms with Crippen molar-refractivity contribution < 1.29 is 64.6 Å². The Morgan fingerprint density at radius 1 is 0.425 bits per heavy atom. The highest BCUT2D eigenvalue weighted by molar-refractivity contribution is 5.76. The summed E-state index contributed by atoms with van der Waals surface area (Å²) in [7, 11) is 0. The van der Waals surface area contributed by atoms with Crippen LogP contribution < -0.4 is 5.32 Å². The highest BCUT2D eigenvalue weighted by atomic mass is 16.7. The van der Waals surface area contributed by atoms with Crippen molar-refractivity contribution >= 4 is 5.91 Å². The SMILES string of the molecule is CC/C=C\C/C=C\C/C=C\C/C=C\CCCCCCCCCCCCCCC(=O)NC(COC1OC(CO)C(OC2OC(CO)C(O)C(O)C2O)C(O)C1O)C(O)/C=C/CC/C=C/CCCCCCCCCCCCCCCCCCCCCCCC. The van der Waals surface area contributed by atoms with Gasteiger partial charge in [-0.3, -0.25) is 4.79 Å². The van der Waals surface area contributed by atoms with Crippen molar-refractivity contribution in [2.45, 2.75) is 364 Å². The number of carbonyl (C=O) groups is 1. The molecule has 0 saturated carbocycles. The van der Waals surface area contributed by atoms with Gasteiger partial charge in [-0.25, -0.2) is 0 Å². The van der Waals surface area contributed by atoms with E-state index in [2.05, 4.69) is 79.9 Å². The molecule has 0 aromatic heterocycles. The molecule has 2 rings (SSSR count). The van der Waals surface area contributed by atoms with Crippen molar-refractivity contribution in [2.24, 2.45) is 0 Å². The van der Waals surface area contributed by atoms with E-state index in [4.69, 9.17) is 18.9 Å². The van der Waals surface area contributed by atoms with E-state index in [1.807, 2.05) is 6.08 Å². The zero-order valence-electron chi connectivity index (χ0n) is 55.0. The minimum Gasteiger partial charge on any atom is -0.394 e. The average Bonchev–Trinajstić information content (AvgIpc) is 2.50. The smallest absolute Gasteiger partial charge is 0.220 e. The molecule has 1 amide bonds. The molecule has 0 aromatic carbocycles. The van der Waals surface area contributed by atoms with Gasteiger partial charge in [0.25, 0.3) is 0 Å². The molecule has 12 unspecified atom stereocenters. The lowest BCUT2D eigenvalue weighted by molar-refractivity contribution is -0.359. The van der Waals surface area contributed by atoms with Crippen LogP contribution >= 0.6 is 0 Å². The fraction of sp³-hybridized carbons (Fsp3) is 0.822. The van der Waals surface area contributed by atoms with Gasteiger partial charge in [0.05, 0.1) is 32.0 Å². The van der Waals surface area contributed by atoms with Gasteiger partial charge in [-0.1, -0.05) is 286 Å². The van der Waals surface area contributed by atoms with E-state index < -0.39 is 86.8 Å². The number of amides is 1. The number of ether oxygens (including phenoxy) is 4. The molecule has 2 fully saturated rings. The number of hydrogen-bond acceptors (Lipinski definition) is 13. The molecule has 0 aliphatic carbocycles. The van der Waals surface area contributed by atoms with Crippen LogP contribution in [0.15, 0.2) is 72.9 Å². The molecular formula is C73H131NO13. The maximum absolute atomic E-state index is 13.3. The van der Waals surface area contributed by atoms with E-state index >= 15 is 0 Å². The van der Waals surface area contributed by atoms with Crippen molar-refractivity contribution in [1.29, 1.82) is 0 Å². The Hall–Kier alpha value is -2.57. The van der Waals surface area contributed by atoms with Crippen molar-refractivity contribution in [3.05, 3.63) is 72.9 Å². The van der Waals surface area contributed by atoms with Crippen LogP contribution in [0.3, 0.4) is 0 Å². The van der Waals surface area contributed by atoms with Gasteiger partial charge in [-0.05, 0) is 70.6 Å². The first-order valence-corrected chi connectivity index (χ1v) is 35.7. The highest BCUT2D eigenvalue weighted by Crippen LogP contribution is 2.30. The molecule has 12 atom stereocenters. The zero-order valence-corrected chi connectivity index (χ0v) is 55.0. The molecule has 0 bridgehead atoms. The summed E-state index contributed by atoms with van der Waals surface area (Å²) in [5.41, 5.74) is 0. The van der Waals surface area contributed by atoms with Crippen LogP contribution in [0.1, 0.15) is 290 Å². The van der Waals surface area contributed by atoms with Crippen molar-refractivity contribution in [1.82, 2.24) is 5.32 Å². The number of aliphatic hydroxyl groups excluding tert-OH is 8. The number of rotatable bonds is 58. The van der Waals surface area contributed by atoms with E-state index in [1.165, 1.54) is 193 Å². The number of allylic oxidation sites excluding steroid dienone is 11. The van der Waals surface area contributed by atoms with E-state index in [1.54, 1.807) is 6.08 Å². The lowest BCUT2D eigenvalue weighted by Gasteiger charge is -2.46. The first-order chi connectivity index (χ1) is 42.6. The van der Waals surface area contributed by atoms with Crippen LogP contribution in [-0.4, -0.2) is 140 Å². The van der Waals surface area contributed by atoms with Gasteiger partial charge in [0, 0.05) is 6.42 Å². The largest absolute Gasteiger partial charge is 0.394 e. The Labute approximate surface area is 529 Å². The van der Waals surface area contributed by atoms with Crippen LogP contribution in [0.2, 0.25) is 0 Å². The summed E-state index contributed by atoms with van der Waals surface area (Å²) in [4.78, 5) is 13.3. The zero-order chi connectivity index (χ0) is 63.1. The number of nitrogens with one attached hydrogen (secondary N) is 1. The third-order valence-electron chi connectivity index (χ3n) is 17.1. The van der Waals surface area contributed by atoms with Gasteiger partial charge in [-0.2, -0.15) is 0 Å². The number of unbranched alkanes of at least 4 members (excludes halogenated alkanes) is 35. The fourth-order valence-corrected chi connectivity index (χ4v) is 11.5. The standard InChI is InChI=1S/C73H131NO13/c1-3-5-7-9-11-13-15-17-19-21-23-25-27-29-30-31-33-34-36-38-40-42-44-46-48-50-52-54-56-62(77)61(60-84-72-70(83)68(81)71(64(59-76)86-72)87-73-69(82)67(80)66(79)63(58-75)85-73)74-65(78)57-55-53-51-49-47-45-43-41-39-37-35-32-28-26-24-22-20-18-16-14-12-10-8-6-4-2/h6,8,12,14,18,20,24,26,46,48,54,56,61-64,66-73,75-77,79-83H,3-5,7,9-11,13,15-17,19,21-23,25,27-45,47,49-53,55,57-60H2,1-2H3,(H,74,78)/b8-6-,14-12-,20-18-,26-24-,48-46+,56-54+. The highest BCUT2D eigenvalue weighted by Gasteiger charge is 2.51. The second kappa shape index (κ2) is 57.3. The van der Waals surface area contributed by atoms with Gasteiger partial charge < -0.3 is 65.1 Å². The summed E-state index contributed by atoms with van der Waals surface area (Å²) in [6.45, 7) is 2.70. The van der Waals surface area contributed by atoms with Crippen LogP contribution in [0.5, 0.6) is 0 Å². The molecule has 2 saturated heterocycles. The molecule has 14 nitrogen and oxygen atoms in total. The Morgan fingerprint density at radius 2 is 0.805 bits per heavy atom. The van der Waals surface area contributed by atoms with E-state index in [9.17, 15) is 45.6 Å². The second-order valence-corrected chi connectivity index (χ2v) is 25.0. The van der Waals surface area contributed by atoms with Gasteiger partial charge in [0.15, 0.2) is 12.6 Å². The monoisotopic (exact) mass is 1230 g/mol. The molecule has 506 valence electrons. The average molecular weight is 1230 g/mol. The summed E-state index contributed by atoms with van der Waals surface area (Å²) in [5.74, 6) is -0.251. The van der Waals surface area contributed by atoms with E-state index in [0.29, 0.717) is 12.8 Å². The summed E-state index contributed by atoms with van der Waals surface area (Å²) in [6.07, 6.45) is 61.0. The summed E-state index contributed by atoms with van der Waals surface area (Å²) < 4.78 is 22.8. The molecule has 2 aliphatic rings. The Bertz CT molecular complexity index is 1740. The Balaban J connectivity index is 1.69. The van der Waals surface area contributed by atoms with Crippen LogP contribution in [0.4, 0.5) is 0 Å². The summed E-state index contributed by atoms with van der Waals surface area (Å²) >= 11 is 0. The number of hydrogen-bond donors (Lipinski definition) is 9. The van der Waals surface area contributed by atoms with Crippen molar-refractivity contribution in [3.63, 3.8) is 0 Å². The molecule has 9 N–H and O–H groups in total. The number of carbonyl (C=O) groups excluding carboxylic acids is 1. The molecule has 2 aliphatic heterocycles. The van der Waals surface area contributed by atoms with Crippen molar-refractivity contribution in [2.75, 3.05) is 19.8 Å². The second-order valence-electron chi connectivity index (χ2n) is 25.0. The fourth-order valence-electron chi connectivity index (χ4n) is 11.5. The molecule has 0 radical (unpaired) electrons. The normalized spacial score (nSPS) is 23.7. The minimum atomic E-state index is -1.79. The van der Waals surface area contributed by atoms with Gasteiger partial charge in [0.1, 0.15) is 48.8 Å². The maximum atomic E-state index is 13.3. The molecule has 14 heteroatoms. The van der Waals surface area contributed by atoms with Crippen molar-refractivity contribution in [3.8, 4) is 0 Å². The molecule has 0 spiro atoms. The molecule has 2 heterocycles. The quantitative estimate of drug-likeness (QED) is 0.0204. The Morgan fingerprint density at radius 3 is 1.26 bits per heavy atom. The van der Waals surface area contributed by atoms with Gasteiger partial charge >= 0.3 is 0 Å². The van der Waals surface area contributed by atoms with Gasteiger partial charge in [0.2, 0.25) is 5.91 Å². The molecule has 87 heavy (non-hydrogen) atoms. The predicted molar refractivity (Wildman–Crippen MR) is 355 cm³/mol. The maximum Gasteiger partial charge on any atom is 0.220 e. The van der Waals surface area contributed by atoms with Crippen LogP contribution in [0.25, 0.3) is 0 Å².